The summed E-state index contributed by atoms with van der Waals surface area (Å²) in [5.41, 5.74) is 1.02. The van der Waals surface area contributed by atoms with Crippen LogP contribution in [0.4, 0.5) is 4.39 Å². The van der Waals surface area contributed by atoms with Crippen molar-refractivity contribution in [1.29, 1.82) is 0 Å². The van der Waals surface area contributed by atoms with Gasteiger partial charge in [-0.1, -0.05) is 26.0 Å². The van der Waals surface area contributed by atoms with Crippen molar-refractivity contribution in [3.05, 3.63) is 35.6 Å². The second kappa shape index (κ2) is 7.85. The molecule has 0 saturated heterocycles. The Morgan fingerprint density at radius 3 is 2.25 bits per heavy atom. The molecule has 1 amide bonds. The predicted molar refractivity (Wildman–Crippen MR) is 64.7 cm³/mol. The summed E-state index contributed by atoms with van der Waals surface area (Å²) in [5.74, 6) is -0.277. The fourth-order valence-corrected chi connectivity index (χ4v) is 1.37. The molecule has 0 fully saturated rings. The number of nitrogens with one attached hydrogen (secondary N) is 1. The Labute approximate surface area is 96.9 Å². The molecule has 90 valence electrons. The largest absolute Gasteiger partial charge is 0.354 e. The Kier molecular flexibility index (Phi) is 7.18. The van der Waals surface area contributed by atoms with Gasteiger partial charge in [0.1, 0.15) is 5.82 Å². The number of carbonyl (C=O) groups excluding carboxylic acids is 1. The third-order valence-electron chi connectivity index (χ3n) is 1.90. The average molecular weight is 225 g/mol. The number of hydrogen-bond donors (Lipinski definition) is 1. The van der Waals surface area contributed by atoms with Crippen molar-refractivity contribution in [2.75, 3.05) is 0 Å². The second-order valence-corrected chi connectivity index (χ2v) is 3.43. The highest BCUT2D eigenvalue weighted by Gasteiger charge is 2.04. The molecule has 0 spiro atoms. The fourth-order valence-electron chi connectivity index (χ4n) is 1.37. The van der Waals surface area contributed by atoms with Crippen molar-refractivity contribution < 1.29 is 9.18 Å². The van der Waals surface area contributed by atoms with Crippen LogP contribution in [-0.4, -0.2) is 11.9 Å². The lowest BCUT2D eigenvalue weighted by Gasteiger charge is -2.11. The van der Waals surface area contributed by atoms with Crippen molar-refractivity contribution in [3.8, 4) is 0 Å². The molecule has 0 radical (unpaired) electrons. The van der Waals surface area contributed by atoms with E-state index < -0.39 is 0 Å². The molecule has 0 bridgehead atoms. The molecule has 1 aromatic carbocycles. The summed E-state index contributed by atoms with van der Waals surface area (Å²) in [6, 6.07) is 6.39. The molecule has 1 N–H and O–H groups in total. The van der Waals surface area contributed by atoms with Gasteiger partial charge in [0.2, 0.25) is 5.91 Å². The van der Waals surface area contributed by atoms with E-state index in [9.17, 15) is 9.18 Å². The molecule has 1 rings (SSSR count). The summed E-state index contributed by atoms with van der Waals surface area (Å²) >= 11 is 0. The molecule has 1 unspecified atom stereocenters. The van der Waals surface area contributed by atoms with E-state index in [0.29, 0.717) is 0 Å². The molecule has 0 aliphatic carbocycles. The van der Waals surface area contributed by atoms with E-state index in [1.165, 1.54) is 19.1 Å². The Bertz CT molecular complexity index is 308. The molecule has 1 atom stereocenters. The first kappa shape index (κ1) is 14.6. The van der Waals surface area contributed by atoms with Gasteiger partial charge in [-0.2, -0.15) is 0 Å². The Morgan fingerprint density at radius 2 is 1.81 bits per heavy atom. The van der Waals surface area contributed by atoms with E-state index in [-0.39, 0.29) is 17.8 Å². The lowest BCUT2D eigenvalue weighted by molar-refractivity contribution is -0.119. The van der Waals surface area contributed by atoms with Crippen LogP contribution < -0.4 is 5.32 Å². The van der Waals surface area contributed by atoms with Gasteiger partial charge in [0.25, 0.3) is 0 Å². The molecule has 0 aromatic heterocycles. The van der Waals surface area contributed by atoms with E-state index in [1.807, 2.05) is 20.8 Å². The summed E-state index contributed by atoms with van der Waals surface area (Å²) < 4.78 is 12.6. The number of carbonyl (C=O) groups is 1. The molecule has 16 heavy (non-hydrogen) atoms. The van der Waals surface area contributed by atoms with Crippen LogP contribution in [0, 0.1) is 5.82 Å². The molecular formula is C13H20FNO. The SMILES string of the molecule is CC.CC(=O)NC(C)Cc1ccc(F)cc1. The number of benzene rings is 1. The first-order chi connectivity index (χ1) is 7.58. The van der Waals surface area contributed by atoms with Gasteiger partial charge < -0.3 is 5.32 Å². The molecule has 3 heteroatoms. The molecule has 0 saturated carbocycles. The zero-order chi connectivity index (χ0) is 12.6. The highest BCUT2D eigenvalue weighted by molar-refractivity contribution is 5.73. The van der Waals surface area contributed by atoms with E-state index in [2.05, 4.69) is 5.32 Å². The zero-order valence-corrected chi connectivity index (χ0v) is 10.4. The van der Waals surface area contributed by atoms with E-state index in [0.717, 1.165) is 12.0 Å². The maximum atomic E-state index is 12.6. The van der Waals surface area contributed by atoms with Crippen LogP contribution >= 0.6 is 0 Å². The van der Waals surface area contributed by atoms with Crippen LogP contribution in [0.3, 0.4) is 0 Å². The zero-order valence-electron chi connectivity index (χ0n) is 10.4. The van der Waals surface area contributed by atoms with Crippen LogP contribution in [-0.2, 0) is 11.2 Å². The van der Waals surface area contributed by atoms with Gasteiger partial charge in [0.15, 0.2) is 0 Å². The van der Waals surface area contributed by atoms with Crippen LogP contribution in [0.2, 0.25) is 0 Å². The Hall–Kier alpha value is -1.38. The maximum absolute atomic E-state index is 12.6. The highest BCUT2D eigenvalue weighted by atomic mass is 19.1. The summed E-state index contributed by atoms with van der Waals surface area (Å²) in [5, 5.41) is 2.77. The first-order valence-electron chi connectivity index (χ1n) is 5.59. The fraction of sp³-hybridized carbons (Fsp3) is 0.462. The van der Waals surface area contributed by atoms with Gasteiger partial charge >= 0.3 is 0 Å². The van der Waals surface area contributed by atoms with E-state index >= 15 is 0 Å². The minimum absolute atomic E-state index is 0.0420. The number of halogens is 1. The topological polar surface area (TPSA) is 29.1 Å². The van der Waals surface area contributed by atoms with Gasteiger partial charge in [-0.15, -0.1) is 0 Å². The van der Waals surface area contributed by atoms with Crippen LogP contribution in [0.1, 0.15) is 33.3 Å². The molecule has 0 aliphatic rings. The average Bonchev–Trinajstić information content (AvgIpc) is 2.23. The Balaban J connectivity index is 0.00000106. The number of rotatable bonds is 3. The van der Waals surface area contributed by atoms with Crippen molar-refractivity contribution in [1.82, 2.24) is 5.32 Å². The van der Waals surface area contributed by atoms with Gasteiger partial charge in [0.05, 0.1) is 0 Å². The standard InChI is InChI=1S/C11H14FNO.C2H6/c1-8(13-9(2)14)7-10-3-5-11(12)6-4-10;1-2/h3-6,8H,7H2,1-2H3,(H,13,14);1-2H3. The minimum atomic E-state index is -0.235. The van der Waals surface area contributed by atoms with Crippen molar-refractivity contribution >= 4 is 5.91 Å². The van der Waals surface area contributed by atoms with Crippen molar-refractivity contribution in [3.63, 3.8) is 0 Å². The van der Waals surface area contributed by atoms with Crippen LogP contribution in [0.15, 0.2) is 24.3 Å². The first-order valence-corrected chi connectivity index (χ1v) is 5.59. The Morgan fingerprint density at radius 1 is 1.31 bits per heavy atom. The smallest absolute Gasteiger partial charge is 0.217 e. The highest BCUT2D eigenvalue weighted by Crippen LogP contribution is 2.05. The lowest BCUT2D eigenvalue weighted by Crippen LogP contribution is -2.31. The van der Waals surface area contributed by atoms with E-state index in [4.69, 9.17) is 0 Å². The molecule has 0 aliphatic heterocycles. The quantitative estimate of drug-likeness (QED) is 0.842. The molecule has 1 aromatic rings. The van der Waals surface area contributed by atoms with Crippen LogP contribution in [0.25, 0.3) is 0 Å². The minimum Gasteiger partial charge on any atom is -0.354 e. The molecule has 2 nitrogen and oxygen atoms in total. The van der Waals surface area contributed by atoms with Crippen molar-refractivity contribution in [2.24, 2.45) is 0 Å². The van der Waals surface area contributed by atoms with Gasteiger partial charge in [-0.3, -0.25) is 4.79 Å². The maximum Gasteiger partial charge on any atom is 0.217 e. The third-order valence-corrected chi connectivity index (χ3v) is 1.90. The summed E-state index contributed by atoms with van der Waals surface area (Å²) in [4.78, 5) is 10.7. The second-order valence-electron chi connectivity index (χ2n) is 3.43. The third kappa shape index (κ3) is 6.17. The monoisotopic (exact) mass is 225 g/mol. The van der Waals surface area contributed by atoms with Gasteiger partial charge in [0, 0.05) is 13.0 Å². The number of hydrogen-bond acceptors (Lipinski definition) is 1. The summed E-state index contributed by atoms with van der Waals surface area (Å²) in [6.07, 6.45) is 0.722. The molecular weight excluding hydrogens is 205 g/mol. The van der Waals surface area contributed by atoms with E-state index in [1.54, 1.807) is 12.1 Å². The number of amides is 1. The molecule has 0 heterocycles. The van der Waals surface area contributed by atoms with Gasteiger partial charge in [-0.25, -0.2) is 4.39 Å². The summed E-state index contributed by atoms with van der Waals surface area (Å²) in [7, 11) is 0. The van der Waals surface area contributed by atoms with Crippen LogP contribution in [0.5, 0.6) is 0 Å². The normalized spacial score (nSPS) is 11.1. The summed E-state index contributed by atoms with van der Waals surface area (Å²) in [6.45, 7) is 7.41. The van der Waals surface area contributed by atoms with Crippen molar-refractivity contribution in [2.45, 2.75) is 40.2 Å². The van der Waals surface area contributed by atoms with Gasteiger partial charge in [-0.05, 0) is 31.0 Å². The lowest BCUT2D eigenvalue weighted by atomic mass is 10.1. The predicted octanol–water partition coefficient (Wildman–Crippen LogP) is 2.92.